The molecule has 2 aromatic rings. The van der Waals surface area contributed by atoms with Crippen LogP contribution in [0.25, 0.3) is 0 Å². The SMILES string of the molecule is O=C(O)c1ccc2c(c1)NC(=O)c1c(O)cccc1O2. The van der Waals surface area contributed by atoms with E-state index >= 15 is 0 Å². The minimum absolute atomic E-state index is 0.0144. The maximum absolute atomic E-state index is 12.1. The van der Waals surface area contributed by atoms with Gasteiger partial charge in [-0.2, -0.15) is 0 Å². The fraction of sp³-hybridized carbons (Fsp3) is 0. The maximum Gasteiger partial charge on any atom is 0.335 e. The van der Waals surface area contributed by atoms with Crippen LogP contribution >= 0.6 is 0 Å². The van der Waals surface area contributed by atoms with E-state index in [9.17, 15) is 14.7 Å². The number of phenols is 1. The summed E-state index contributed by atoms with van der Waals surface area (Å²) in [7, 11) is 0. The second kappa shape index (κ2) is 4.27. The number of anilines is 1. The van der Waals surface area contributed by atoms with Gasteiger partial charge in [-0.3, -0.25) is 4.79 Å². The molecule has 1 aliphatic rings. The summed E-state index contributed by atoms with van der Waals surface area (Å²) >= 11 is 0. The van der Waals surface area contributed by atoms with Crippen LogP contribution in [0.5, 0.6) is 17.2 Å². The molecule has 0 bridgehead atoms. The van der Waals surface area contributed by atoms with E-state index in [4.69, 9.17) is 9.84 Å². The van der Waals surface area contributed by atoms with Crippen molar-refractivity contribution in [3.8, 4) is 17.2 Å². The van der Waals surface area contributed by atoms with Gasteiger partial charge in [-0.15, -0.1) is 0 Å². The Hall–Kier alpha value is -3.02. The van der Waals surface area contributed by atoms with Crippen LogP contribution in [0, 0.1) is 0 Å². The highest BCUT2D eigenvalue weighted by atomic mass is 16.5. The standard InChI is InChI=1S/C14H9NO5/c16-9-2-1-3-11-12(9)13(17)15-8-6-7(14(18)19)4-5-10(8)20-11/h1-6,16H,(H,15,17)(H,18,19). The van der Waals surface area contributed by atoms with E-state index in [1.165, 1.54) is 24.3 Å². The lowest BCUT2D eigenvalue weighted by atomic mass is 10.1. The zero-order chi connectivity index (χ0) is 14.3. The van der Waals surface area contributed by atoms with Crippen LogP contribution in [-0.2, 0) is 0 Å². The van der Waals surface area contributed by atoms with Gasteiger partial charge in [-0.1, -0.05) is 6.07 Å². The minimum Gasteiger partial charge on any atom is -0.507 e. The van der Waals surface area contributed by atoms with Gasteiger partial charge in [0.1, 0.15) is 17.1 Å². The molecular formula is C14H9NO5. The van der Waals surface area contributed by atoms with Crippen LogP contribution < -0.4 is 10.1 Å². The summed E-state index contributed by atoms with van der Waals surface area (Å²) in [5, 5.41) is 21.2. The number of ether oxygens (including phenoxy) is 1. The normalized spacial score (nSPS) is 12.5. The van der Waals surface area contributed by atoms with Crippen LogP contribution in [0.2, 0.25) is 0 Å². The molecule has 1 aliphatic heterocycles. The highest BCUT2D eigenvalue weighted by Gasteiger charge is 2.24. The molecule has 0 saturated heterocycles. The van der Waals surface area contributed by atoms with Gasteiger partial charge in [0.25, 0.3) is 5.91 Å². The Labute approximate surface area is 113 Å². The average molecular weight is 271 g/mol. The monoisotopic (exact) mass is 271 g/mol. The first kappa shape index (κ1) is 12.0. The molecule has 100 valence electrons. The van der Waals surface area contributed by atoms with Crippen LogP contribution in [0.15, 0.2) is 36.4 Å². The first-order valence-electron chi connectivity index (χ1n) is 5.75. The Morgan fingerprint density at radius 2 is 1.95 bits per heavy atom. The van der Waals surface area contributed by atoms with E-state index in [1.54, 1.807) is 12.1 Å². The smallest absolute Gasteiger partial charge is 0.335 e. The number of hydrogen-bond acceptors (Lipinski definition) is 4. The molecule has 0 atom stereocenters. The van der Waals surface area contributed by atoms with Crippen molar-refractivity contribution in [3.05, 3.63) is 47.5 Å². The molecule has 0 aromatic heterocycles. The van der Waals surface area contributed by atoms with Crippen molar-refractivity contribution in [2.75, 3.05) is 5.32 Å². The molecule has 1 heterocycles. The second-order valence-corrected chi connectivity index (χ2v) is 4.22. The molecule has 0 fully saturated rings. The number of carbonyl (C=O) groups is 2. The first-order chi connectivity index (χ1) is 9.56. The number of carbonyl (C=O) groups excluding carboxylic acids is 1. The number of rotatable bonds is 1. The zero-order valence-corrected chi connectivity index (χ0v) is 10.1. The van der Waals surface area contributed by atoms with Crippen LogP contribution in [0.3, 0.4) is 0 Å². The summed E-state index contributed by atoms with van der Waals surface area (Å²) in [6.07, 6.45) is 0. The fourth-order valence-electron chi connectivity index (χ4n) is 1.99. The van der Waals surface area contributed by atoms with Crippen molar-refractivity contribution < 1.29 is 24.5 Å². The van der Waals surface area contributed by atoms with Crippen molar-refractivity contribution in [2.45, 2.75) is 0 Å². The number of aromatic hydroxyl groups is 1. The molecule has 0 aliphatic carbocycles. The number of benzene rings is 2. The largest absolute Gasteiger partial charge is 0.507 e. The fourth-order valence-corrected chi connectivity index (χ4v) is 1.99. The lowest BCUT2D eigenvalue weighted by molar-refractivity contribution is 0.0696. The summed E-state index contributed by atoms with van der Waals surface area (Å²) in [4.78, 5) is 23.0. The Kier molecular flexibility index (Phi) is 2.57. The lowest BCUT2D eigenvalue weighted by Gasteiger charge is -2.08. The summed E-state index contributed by atoms with van der Waals surface area (Å²) in [6, 6.07) is 8.62. The Bertz CT molecular complexity index is 738. The minimum atomic E-state index is -1.10. The predicted octanol–water partition coefficient (Wildman–Crippen LogP) is 2.45. The van der Waals surface area contributed by atoms with Gasteiger partial charge < -0.3 is 20.3 Å². The number of amides is 1. The second-order valence-electron chi connectivity index (χ2n) is 4.22. The lowest BCUT2D eigenvalue weighted by Crippen LogP contribution is -2.11. The van der Waals surface area contributed by atoms with Gasteiger partial charge in [-0.25, -0.2) is 4.79 Å². The van der Waals surface area contributed by atoms with Crippen molar-refractivity contribution in [2.24, 2.45) is 0 Å². The summed E-state index contributed by atoms with van der Waals surface area (Å²) in [6.45, 7) is 0. The molecule has 6 nitrogen and oxygen atoms in total. The van der Waals surface area contributed by atoms with Crippen LogP contribution in [0.1, 0.15) is 20.7 Å². The summed E-state index contributed by atoms with van der Waals surface area (Å²) in [5.41, 5.74) is 0.286. The third-order valence-electron chi connectivity index (χ3n) is 2.93. The van der Waals surface area contributed by atoms with E-state index in [1.807, 2.05) is 0 Å². The number of nitrogens with one attached hydrogen (secondary N) is 1. The maximum atomic E-state index is 12.1. The van der Waals surface area contributed by atoms with Crippen molar-refractivity contribution in [3.63, 3.8) is 0 Å². The number of carboxylic acid groups (broad SMARTS) is 1. The third kappa shape index (κ3) is 1.83. The van der Waals surface area contributed by atoms with E-state index in [0.29, 0.717) is 5.75 Å². The molecule has 3 N–H and O–H groups in total. The van der Waals surface area contributed by atoms with Gasteiger partial charge in [-0.05, 0) is 30.3 Å². The van der Waals surface area contributed by atoms with Gasteiger partial charge in [0, 0.05) is 0 Å². The number of phenolic OH excluding ortho intramolecular Hbond substituents is 1. The molecule has 20 heavy (non-hydrogen) atoms. The quantitative estimate of drug-likeness (QED) is 0.740. The average Bonchev–Trinajstić information content (AvgIpc) is 2.54. The van der Waals surface area contributed by atoms with E-state index in [0.717, 1.165) is 0 Å². The first-order valence-corrected chi connectivity index (χ1v) is 5.75. The number of fused-ring (bicyclic) bond motifs is 2. The van der Waals surface area contributed by atoms with E-state index < -0.39 is 11.9 Å². The van der Waals surface area contributed by atoms with Crippen molar-refractivity contribution in [1.82, 2.24) is 0 Å². The van der Waals surface area contributed by atoms with E-state index in [-0.39, 0.29) is 28.3 Å². The molecule has 0 saturated carbocycles. The van der Waals surface area contributed by atoms with Crippen molar-refractivity contribution in [1.29, 1.82) is 0 Å². The van der Waals surface area contributed by atoms with E-state index in [2.05, 4.69) is 5.32 Å². The molecule has 1 amide bonds. The topological polar surface area (TPSA) is 95.9 Å². The summed E-state index contributed by atoms with van der Waals surface area (Å²) < 4.78 is 5.55. The number of hydrogen-bond donors (Lipinski definition) is 3. The highest BCUT2D eigenvalue weighted by Crippen LogP contribution is 2.38. The van der Waals surface area contributed by atoms with Crippen LogP contribution in [0.4, 0.5) is 5.69 Å². The summed E-state index contributed by atoms with van der Waals surface area (Å²) in [5.74, 6) is -1.34. The molecule has 6 heteroatoms. The Morgan fingerprint density at radius 3 is 2.70 bits per heavy atom. The molecule has 3 rings (SSSR count). The molecular weight excluding hydrogens is 262 g/mol. The molecule has 0 spiro atoms. The molecule has 0 unspecified atom stereocenters. The predicted molar refractivity (Wildman–Crippen MR) is 69.5 cm³/mol. The Morgan fingerprint density at radius 1 is 1.15 bits per heavy atom. The Balaban J connectivity index is 2.14. The zero-order valence-electron chi connectivity index (χ0n) is 10.1. The van der Waals surface area contributed by atoms with Crippen molar-refractivity contribution >= 4 is 17.6 Å². The van der Waals surface area contributed by atoms with Gasteiger partial charge >= 0.3 is 5.97 Å². The van der Waals surface area contributed by atoms with Gasteiger partial charge in [0.05, 0.1) is 11.3 Å². The van der Waals surface area contributed by atoms with Gasteiger partial charge in [0.15, 0.2) is 5.75 Å². The number of carboxylic acids is 1. The number of aromatic carboxylic acids is 1. The molecule has 2 aromatic carbocycles. The highest BCUT2D eigenvalue weighted by molar-refractivity contribution is 6.10. The molecule has 0 radical (unpaired) electrons. The van der Waals surface area contributed by atoms with Crippen LogP contribution in [-0.4, -0.2) is 22.1 Å². The van der Waals surface area contributed by atoms with Gasteiger partial charge in [0.2, 0.25) is 0 Å². The third-order valence-corrected chi connectivity index (χ3v) is 2.93.